The number of Topliss-reactive ketones (excluding diaryl/α,β-unsaturated/α-hetero) is 1. The molecule has 144 valence electrons. The molecule has 0 N–H and O–H groups in total. The highest BCUT2D eigenvalue weighted by atomic mass is 16.6. The summed E-state index contributed by atoms with van der Waals surface area (Å²) in [5.74, 6) is 1.34. The van der Waals surface area contributed by atoms with Gasteiger partial charge in [0.2, 0.25) is 0 Å². The molecule has 0 bridgehead atoms. The average molecular weight is 374 g/mol. The van der Waals surface area contributed by atoms with Crippen molar-refractivity contribution in [3.8, 4) is 11.5 Å². The lowest BCUT2D eigenvalue weighted by molar-refractivity contribution is -0.149. The molecule has 2 heterocycles. The van der Waals surface area contributed by atoms with Crippen LogP contribution in [-0.2, 0) is 16.0 Å². The topological polar surface area (TPSA) is 101 Å². The third-order valence-corrected chi connectivity index (χ3v) is 4.03. The Balaban J connectivity index is 1.50. The number of aryl methyl sites for hydroxylation is 1. The van der Waals surface area contributed by atoms with Gasteiger partial charge < -0.3 is 18.7 Å². The van der Waals surface area contributed by atoms with E-state index in [9.17, 15) is 9.59 Å². The third-order valence-electron chi connectivity index (χ3n) is 4.03. The summed E-state index contributed by atoms with van der Waals surface area (Å²) in [5, 5.41) is 3.83. The number of aromatic nitrogens is 2. The molecule has 0 aliphatic carbocycles. The molecule has 2 aromatic rings. The van der Waals surface area contributed by atoms with Gasteiger partial charge in [-0.05, 0) is 31.5 Å². The van der Waals surface area contributed by atoms with Crippen LogP contribution in [0.1, 0.15) is 61.3 Å². The van der Waals surface area contributed by atoms with Gasteiger partial charge in [0.25, 0.3) is 5.89 Å². The number of ketones is 1. The van der Waals surface area contributed by atoms with E-state index in [-0.39, 0.29) is 24.5 Å². The Kier molecular flexibility index (Phi) is 6.05. The predicted molar refractivity (Wildman–Crippen MR) is 93.8 cm³/mol. The number of rotatable bonds is 8. The molecule has 0 saturated heterocycles. The van der Waals surface area contributed by atoms with Gasteiger partial charge in [-0.2, -0.15) is 4.98 Å². The average Bonchev–Trinajstić information content (AvgIpc) is 3.15. The van der Waals surface area contributed by atoms with Crippen LogP contribution in [-0.4, -0.2) is 35.1 Å². The molecule has 1 aliphatic heterocycles. The van der Waals surface area contributed by atoms with Crippen LogP contribution >= 0.6 is 0 Å². The molecule has 1 aromatic heterocycles. The molecule has 0 saturated carbocycles. The Morgan fingerprint density at radius 2 is 1.96 bits per heavy atom. The molecular weight excluding hydrogens is 352 g/mol. The molecule has 1 unspecified atom stereocenters. The normalized spacial score (nSPS) is 13.9. The maximum absolute atomic E-state index is 12.3. The summed E-state index contributed by atoms with van der Waals surface area (Å²) < 4.78 is 21.3. The number of ether oxygens (including phenoxy) is 3. The number of benzene rings is 1. The summed E-state index contributed by atoms with van der Waals surface area (Å²) in [4.78, 5) is 28.5. The van der Waals surface area contributed by atoms with Crippen molar-refractivity contribution in [1.82, 2.24) is 10.1 Å². The molecule has 0 fully saturated rings. The lowest BCUT2D eigenvalue weighted by Gasteiger charge is -2.18. The molecule has 8 nitrogen and oxygen atoms in total. The van der Waals surface area contributed by atoms with E-state index in [0.717, 1.165) is 6.42 Å². The smallest absolute Gasteiger partial charge is 0.307 e. The van der Waals surface area contributed by atoms with Crippen molar-refractivity contribution in [1.29, 1.82) is 0 Å². The zero-order valence-corrected chi connectivity index (χ0v) is 15.4. The van der Waals surface area contributed by atoms with Crippen LogP contribution in [0.2, 0.25) is 0 Å². The maximum Gasteiger partial charge on any atom is 0.307 e. The first kappa shape index (κ1) is 18.9. The van der Waals surface area contributed by atoms with E-state index in [0.29, 0.717) is 42.5 Å². The van der Waals surface area contributed by atoms with Crippen molar-refractivity contribution < 1.29 is 28.3 Å². The molecule has 0 radical (unpaired) electrons. The van der Waals surface area contributed by atoms with Crippen LogP contribution in [0.25, 0.3) is 0 Å². The summed E-state index contributed by atoms with van der Waals surface area (Å²) in [6, 6.07) is 5.00. The van der Waals surface area contributed by atoms with Crippen LogP contribution in [0, 0.1) is 0 Å². The van der Waals surface area contributed by atoms with E-state index in [1.54, 1.807) is 25.1 Å². The third kappa shape index (κ3) is 4.84. The Hall–Kier alpha value is -2.90. The zero-order chi connectivity index (χ0) is 19.2. The first-order chi connectivity index (χ1) is 13.1. The largest absolute Gasteiger partial charge is 0.486 e. The van der Waals surface area contributed by atoms with Gasteiger partial charge in [0.1, 0.15) is 13.2 Å². The molecular formula is C19H22N2O6. The number of hydrogen-bond acceptors (Lipinski definition) is 8. The Morgan fingerprint density at radius 3 is 2.74 bits per heavy atom. The van der Waals surface area contributed by atoms with Gasteiger partial charge >= 0.3 is 5.97 Å². The summed E-state index contributed by atoms with van der Waals surface area (Å²) in [7, 11) is 0. The molecule has 3 rings (SSSR count). The van der Waals surface area contributed by atoms with Gasteiger partial charge in [-0.1, -0.05) is 12.1 Å². The van der Waals surface area contributed by atoms with Crippen molar-refractivity contribution in [2.24, 2.45) is 0 Å². The molecule has 0 amide bonds. The number of carbonyl (C=O) groups excluding carboxylic acids is 2. The van der Waals surface area contributed by atoms with Crippen LogP contribution in [0.4, 0.5) is 0 Å². The highest BCUT2D eigenvalue weighted by Crippen LogP contribution is 2.31. The molecule has 8 heteroatoms. The van der Waals surface area contributed by atoms with E-state index < -0.39 is 12.1 Å². The van der Waals surface area contributed by atoms with Gasteiger partial charge in [0.05, 0.1) is 6.42 Å². The number of esters is 1. The first-order valence-corrected chi connectivity index (χ1v) is 9.01. The fourth-order valence-corrected chi connectivity index (χ4v) is 2.64. The fourth-order valence-electron chi connectivity index (χ4n) is 2.64. The van der Waals surface area contributed by atoms with Crippen molar-refractivity contribution in [2.75, 3.05) is 13.2 Å². The lowest BCUT2D eigenvalue weighted by Crippen LogP contribution is -2.16. The minimum absolute atomic E-state index is 0.0342. The lowest BCUT2D eigenvalue weighted by atomic mass is 10.1. The van der Waals surface area contributed by atoms with Crippen molar-refractivity contribution in [3.05, 3.63) is 35.5 Å². The highest BCUT2D eigenvalue weighted by Gasteiger charge is 2.20. The second kappa shape index (κ2) is 8.66. The first-order valence-electron chi connectivity index (χ1n) is 9.01. The van der Waals surface area contributed by atoms with Gasteiger partial charge in [-0.3, -0.25) is 9.59 Å². The highest BCUT2D eigenvalue weighted by molar-refractivity contribution is 5.98. The second-order valence-electron chi connectivity index (χ2n) is 6.21. The Bertz CT molecular complexity index is 816. The standard InChI is InChI=1S/C19H22N2O6/c1-3-4-17-20-19(27-21-17)12(2)26-18(23)8-6-14(22)13-5-7-15-16(11-13)25-10-9-24-15/h5,7,11-12H,3-4,6,8-10H2,1-2H3. The number of hydrogen-bond donors (Lipinski definition) is 0. The number of nitrogens with zero attached hydrogens (tertiary/aromatic N) is 2. The van der Waals surface area contributed by atoms with Gasteiger partial charge in [0, 0.05) is 18.4 Å². The maximum atomic E-state index is 12.3. The van der Waals surface area contributed by atoms with Crippen LogP contribution in [0.15, 0.2) is 22.7 Å². The van der Waals surface area contributed by atoms with E-state index >= 15 is 0 Å². The number of fused-ring (bicyclic) bond motifs is 1. The van der Waals surface area contributed by atoms with E-state index in [1.807, 2.05) is 6.92 Å². The summed E-state index contributed by atoms with van der Waals surface area (Å²) in [5.41, 5.74) is 0.473. The van der Waals surface area contributed by atoms with E-state index in [2.05, 4.69) is 10.1 Å². The van der Waals surface area contributed by atoms with Crippen LogP contribution in [0.3, 0.4) is 0 Å². The van der Waals surface area contributed by atoms with Gasteiger partial charge in [-0.25, -0.2) is 0 Å². The van der Waals surface area contributed by atoms with Crippen molar-refractivity contribution in [2.45, 2.75) is 45.6 Å². The Labute approximate surface area is 156 Å². The van der Waals surface area contributed by atoms with Gasteiger partial charge in [-0.15, -0.1) is 0 Å². The van der Waals surface area contributed by atoms with E-state index in [1.165, 1.54) is 0 Å². The summed E-state index contributed by atoms with van der Waals surface area (Å²) in [6.07, 6.45) is 0.951. The molecule has 1 aliphatic rings. The minimum Gasteiger partial charge on any atom is -0.486 e. The monoisotopic (exact) mass is 374 g/mol. The summed E-state index contributed by atoms with van der Waals surface area (Å²) >= 11 is 0. The van der Waals surface area contributed by atoms with E-state index in [4.69, 9.17) is 18.7 Å². The summed E-state index contributed by atoms with van der Waals surface area (Å²) in [6.45, 7) is 4.61. The van der Waals surface area contributed by atoms with Crippen molar-refractivity contribution >= 4 is 11.8 Å². The molecule has 1 aromatic carbocycles. The SMILES string of the molecule is CCCc1noc(C(C)OC(=O)CCC(=O)c2ccc3c(c2)OCCO3)n1. The van der Waals surface area contributed by atoms with Crippen molar-refractivity contribution in [3.63, 3.8) is 0 Å². The predicted octanol–water partition coefficient (Wildman–Crippen LogP) is 3.06. The fraction of sp³-hybridized carbons (Fsp3) is 0.474. The minimum atomic E-state index is -0.653. The molecule has 27 heavy (non-hydrogen) atoms. The zero-order valence-electron chi connectivity index (χ0n) is 15.4. The molecule has 1 atom stereocenters. The quantitative estimate of drug-likeness (QED) is 0.513. The van der Waals surface area contributed by atoms with Gasteiger partial charge in [0.15, 0.2) is 29.2 Å². The second-order valence-corrected chi connectivity index (χ2v) is 6.21. The molecule has 0 spiro atoms. The number of carbonyl (C=O) groups is 2. The van der Waals surface area contributed by atoms with Crippen LogP contribution < -0.4 is 9.47 Å². The Morgan fingerprint density at radius 1 is 1.19 bits per heavy atom. The van der Waals surface area contributed by atoms with Crippen LogP contribution in [0.5, 0.6) is 11.5 Å².